The third kappa shape index (κ3) is 3.28. The average molecular weight is 345 g/mol. The zero-order valence-electron chi connectivity index (χ0n) is 10.1. The summed E-state index contributed by atoms with van der Waals surface area (Å²) in [4.78, 5) is 0.851. The molecule has 0 aliphatic carbocycles. The van der Waals surface area contributed by atoms with Gasteiger partial charge in [-0.15, -0.1) is 11.8 Å². The number of halogens is 3. The minimum Gasteiger partial charge on any atom is -0.496 e. The van der Waals surface area contributed by atoms with E-state index in [1.165, 1.54) is 23.9 Å². The summed E-state index contributed by atoms with van der Waals surface area (Å²) in [7, 11) is 1.57. The average Bonchev–Trinajstić information content (AvgIpc) is 2.43. The molecule has 0 heterocycles. The third-order valence-corrected chi connectivity index (χ3v) is 4.27. The number of ether oxygens (including phenoxy) is 1. The molecule has 0 fully saturated rings. The number of hydrogen-bond acceptors (Lipinski definition) is 2. The highest BCUT2D eigenvalue weighted by molar-refractivity contribution is 9.10. The molecule has 0 N–H and O–H groups in total. The Labute approximate surface area is 123 Å². The van der Waals surface area contributed by atoms with E-state index in [0.717, 1.165) is 4.90 Å². The fourth-order valence-electron chi connectivity index (χ4n) is 1.59. The summed E-state index contributed by atoms with van der Waals surface area (Å²) in [5, 5.41) is 0. The number of benzene rings is 2. The Balaban J connectivity index is 2.21. The first-order valence-corrected chi connectivity index (χ1v) is 7.29. The summed E-state index contributed by atoms with van der Waals surface area (Å²) in [6.45, 7) is 0. The molecule has 2 rings (SSSR count). The van der Waals surface area contributed by atoms with Crippen LogP contribution in [0.25, 0.3) is 0 Å². The number of rotatable bonds is 4. The van der Waals surface area contributed by atoms with Crippen LogP contribution in [-0.4, -0.2) is 7.11 Å². The molecule has 0 aromatic heterocycles. The maximum atomic E-state index is 13.8. The number of para-hydroxylation sites is 1. The van der Waals surface area contributed by atoms with E-state index in [-0.39, 0.29) is 15.8 Å². The molecular formula is C14H11BrF2OS. The molecule has 100 valence electrons. The highest BCUT2D eigenvalue weighted by atomic mass is 79.9. The molecule has 0 saturated carbocycles. The first-order chi connectivity index (χ1) is 9.13. The van der Waals surface area contributed by atoms with Gasteiger partial charge in [-0.25, -0.2) is 8.78 Å². The van der Waals surface area contributed by atoms with Gasteiger partial charge in [0.1, 0.15) is 17.4 Å². The van der Waals surface area contributed by atoms with Crippen molar-refractivity contribution in [2.75, 3.05) is 7.11 Å². The van der Waals surface area contributed by atoms with E-state index in [4.69, 9.17) is 4.74 Å². The molecule has 0 bridgehead atoms. The van der Waals surface area contributed by atoms with Crippen molar-refractivity contribution in [2.24, 2.45) is 0 Å². The predicted molar refractivity (Wildman–Crippen MR) is 76.6 cm³/mol. The molecule has 0 unspecified atom stereocenters. The van der Waals surface area contributed by atoms with Crippen LogP contribution in [0.1, 0.15) is 5.56 Å². The summed E-state index contributed by atoms with van der Waals surface area (Å²) in [6.07, 6.45) is 0. The first kappa shape index (κ1) is 14.3. The van der Waals surface area contributed by atoms with Crippen molar-refractivity contribution < 1.29 is 13.5 Å². The number of methoxy groups -OCH3 is 1. The molecule has 0 aliphatic heterocycles. The van der Waals surface area contributed by atoms with Crippen molar-refractivity contribution in [3.05, 3.63) is 58.1 Å². The topological polar surface area (TPSA) is 9.23 Å². The zero-order chi connectivity index (χ0) is 13.8. The lowest BCUT2D eigenvalue weighted by atomic mass is 10.2. The Kier molecular flexibility index (Phi) is 4.82. The highest BCUT2D eigenvalue weighted by Crippen LogP contribution is 2.33. The molecular weight excluding hydrogens is 334 g/mol. The van der Waals surface area contributed by atoms with E-state index < -0.39 is 11.6 Å². The van der Waals surface area contributed by atoms with Crippen LogP contribution in [0.4, 0.5) is 8.78 Å². The molecule has 1 nitrogen and oxygen atoms in total. The van der Waals surface area contributed by atoms with Crippen LogP contribution >= 0.6 is 27.7 Å². The molecule has 0 atom stereocenters. The molecule has 2 aromatic carbocycles. The second kappa shape index (κ2) is 6.39. The summed E-state index contributed by atoms with van der Waals surface area (Å²) >= 11 is 4.39. The molecule has 0 aliphatic rings. The van der Waals surface area contributed by atoms with E-state index >= 15 is 0 Å². The van der Waals surface area contributed by atoms with Crippen molar-refractivity contribution in [1.82, 2.24) is 0 Å². The van der Waals surface area contributed by atoms with Crippen molar-refractivity contribution >= 4 is 27.7 Å². The quantitative estimate of drug-likeness (QED) is 0.568. The Hall–Kier alpha value is -1.07. The van der Waals surface area contributed by atoms with Crippen LogP contribution in [0.3, 0.4) is 0 Å². The number of hydrogen-bond donors (Lipinski definition) is 0. The van der Waals surface area contributed by atoms with Gasteiger partial charge in [0.05, 0.1) is 11.6 Å². The van der Waals surface area contributed by atoms with Crippen LogP contribution < -0.4 is 4.74 Å². The minimum absolute atomic E-state index is 0.0604. The van der Waals surface area contributed by atoms with E-state index in [1.54, 1.807) is 7.11 Å². The largest absolute Gasteiger partial charge is 0.496 e. The van der Waals surface area contributed by atoms with Crippen molar-refractivity contribution in [3.8, 4) is 5.75 Å². The van der Waals surface area contributed by atoms with Crippen LogP contribution in [0, 0.1) is 11.6 Å². The molecule has 19 heavy (non-hydrogen) atoms. The van der Waals surface area contributed by atoms with Crippen molar-refractivity contribution in [2.45, 2.75) is 10.6 Å². The Morgan fingerprint density at radius 3 is 2.63 bits per heavy atom. The molecule has 5 heteroatoms. The lowest BCUT2D eigenvalue weighted by Crippen LogP contribution is -1.95. The summed E-state index contributed by atoms with van der Waals surface area (Å²) in [6, 6.07) is 10.0. The molecule has 0 spiro atoms. The second-order valence-electron chi connectivity index (χ2n) is 3.76. The van der Waals surface area contributed by atoms with Crippen LogP contribution in [0.5, 0.6) is 5.75 Å². The lowest BCUT2D eigenvalue weighted by Gasteiger charge is -2.09. The van der Waals surface area contributed by atoms with Gasteiger partial charge in [0.15, 0.2) is 0 Å². The first-order valence-electron chi connectivity index (χ1n) is 5.51. The number of thioether (sulfide) groups is 1. The van der Waals surface area contributed by atoms with Crippen molar-refractivity contribution in [1.29, 1.82) is 0 Å². The van der Waals surface area contributed by atoms with E-state index in [0.29, 0.717) is 5.75 Å². The third-order valence-electron chi connectivity index (χ3n) is 2.58. The smallest absolute Gasteiger partial charge is 0.144 e. The Morgan fingerprint density at radius 1 is 1.16 bits per heavy atom. The van der Waals surface area contributed by atoms with Gasteiger partial charge in [0.2, 0.25) is 0 Å². The van der Waals surface area contributed by atoms with Gasteiger partial charge >= 0.3 is 0 Å². The van der Waals surface area contributed by atoms with Gasteiger partial charge in [-0.3, -0.25) is 0 Å². The molecule has 2 aromatic rings. The maximum Gasteiger partial charge on any atom is 0.144 e. The van der Waals surface area contributed by atoms with Crippen LogP contribution in [0.2, 0.25) is 0 Å². The monoisotopic (exact) mass is 344 g/mol. The Bertz CT molecular complexity index is 590. The lowest BCUT2D eigenvalue weighted by molar-refractivity contribution is 0.405. The van der Waals surface area contributed by atoms with Gasteiger partial charge in [-0.1, -0.05) is 12.1 Å². The van der Waals surface area contributed by atoms with Gasteiger partial charge in [-0.2, -0.15) is 0 Å². The maximum absolute atomic E-state index is 13.8. The van der Waals surface area contributed by atoms with Gasteiger partial charge < -0.3 is 4.74 Å². The standard InChI is InChI=1S/C14H11BrF2OS/c1-18-12-4-2-3-5-13(12)19-8-9-11(16)7-6-10(15)14(9)17/h2-7H,8H2,1H3. The van der Waals surface area contributed by atoms with E-state index in [9.17, 15) is 8.78 Å². The summed E-state index contributed by atoms with van der Waals surface area (Å²) < 4.78 is 32.9. The van der Waals surface area contributed by atoms with Gasteiger partial charge in [0, 0.05) is 16.2 Å². The van der Waals surface area contributed by atoms with Gasteiger partial charge in [-0.05, 0) is 40.2 Å². The van der Waals surface area contributed by atoms with E-state index in [2.05, 4.69) is 15.9 Å². The Morgan fingerprint density at radius 2 is 1.89 bits per heavy atom. The second-order valence-corrected chi connectivity index (χ2v) is 5.63. The SMILES string of the molecule is COc1ccccc1SCc1c(F)ccc(Br)c1F. The normalized spacial score (nSPS) is 10.5. The summed E-state index contributed by atoms with van der Waals surface area (Å²) in [5.41, 5.74) is 0.0604. The highest BCUT2D eigenvalue weighted by Gasteiger charge is 2.13. The zero-order valence-corrected chi connectivity index (χ0v) is 12.5. The van der Waals surface area contributed by atoms with Gasteiger partial charge in [0.25, 0.3) is 0 Å². The van der Waals surface area contributed by atoms with Crippen LogP contribution in [-0.2, 0) is 5.75 Å². The van der Waals surface area contributed by atoms with Crippen LogP contribution in [0.15, 0.2) is 45.8 Å². The fraction of sp³-hybridized carbons (Fsp3) is 0.143. The fourth-order valence-corrected chi connectivity index (χ4v) is 2.99. The summed E-state index contributed by atoms with van der Waals surface area (Å²) in [5.74, 6) is -0.189. The predicted octanol–water partition coefficient (Wildman–Crippen LogP) is 5.03. The molecule has 0 radical (unpaired) electrons. The van der Waals surface area contributed by atoms with E-state index in [1.807, 2.05) is 24.3 Å². The van der Waals surface area contributed by atoms with Crippen molar-refractivity contribution in [3.63, 3.8) is 0 Å². The minimum atomic E-state index is -0.553. The molecule has 0 amide bonds. The molecule has 0 saturated heterocycles.